The smallest absolute Gasteiger partial charge is 0.141 e. The molecule has 5 nitrogen and oxygen atoms in total. The van der Waals surface area contributed by atoms with Crippen LogP contribution < -0.4 is 14.4 Å². The second kappa shape index (κ2) is 11.6. The first-order chi connectivity index (χ1) is 23.7. The number of furan rings is 2. The van der Waals surface area contributed by atoms with E-state index in [1.807, 2.05) is 121 Å². The van der Waals surface area contributed by atoms with Gasteiger partial charge in [0.05, 0.1) is 16.5 Å². The van der Waals surface area contributed by atoms with Crippen molar-refractivity contribution in [3.05, 3.63) is 163 Å². The molecule has 0 aliphatic rings. The molecule has 0 aliphatic heterocycles. The highest BCUT2D eigenvalue weighted by atomic mass is 35.5. The fraction of sp³-hybridized carbons (Fsp3) is 0. The van der Waals surface area contributed by atoms with Crippen LogP contribution in [0.15, 0.2) is 167 Å². The molecule has 6 heteroatoms. The van der Waals surface area contributed by atoms with E-state index < -0.39 is 0 Å². The number of benzene rings is 7. The molecule has 0 fully saturated rings. The summed E-state index contributed by atoms with van der Waals surface area (Å²) in [5.41, 5.74) is 5.94. The van der Waals surface area contributed by atoms with Gasteiger partial charge < -0.3 is 23.2 Å². The Balaban J connectivity index is 1.15. The summed E-state index contributed by atoms with van der Waals surface area (Å²) in [6.07, 6.45) is 0. The highest BCUT2D eigenvalue weighted by molar-refractivity contribution is 6.32. The summed E-state index contributed by atoms with van der Waals surface area (Å²) in [5, 5.41) is 4.38. The third-order valence-corrected chi connectivity index (χ3v) is 8.60. The van der Waals surface area contributed by atoms with Crippen LogP contribution in [0.3, 0.4) is 0 Å². The summed E-state index contributed by atoms with van der Waals surface area (Å²) in [6.45, 7) is 0. The zero-order valence-corrected chi connectivity index (χ0v) is 26.2. The van der Waals surface area contributed by atoms with Crippen molar-refractivity contribution in [1.29, 1.82) is 0 Å². The van der Waals surface area contributed by atoms with Gasteiger partial charge in [0.2, 0.25) is 0 Å². The number of anilines is 3. The van der Waals surface area contributed by atoms with Gasteiger partial charge in [0, 0.05) is 57.5 Å². The molecule has 9 aromatic rings. The van der Waals surface area contributed by atoms with Gasteiger partial charge >= 0.3 is 0 Å². The van der Waals surface area contributed by atoms with Crippen LogP contribution in [0, 0.1) is 0 Å². The lowest BCUT2D eigenvalue weighted by atomic mass is 10.1. The third kappa shape index (κ3) is 4.98. The minimum atomic E-state index is 0.525. The maximum atomic E-state index is 6.58. The summed E-state index contributed by atoms with van der Waals surface area (Å²) in [5.74, 6) is 2.43. The molecule has 0 N–H and O–H groups in total. The molecule has 2 aromatic heterocycles. The largest absolute Gasteiger partial charge is 0.457 e. The van der Waals surface area contributed by atoms with E-state index in [4.69, 9.17) is 29.9 Å². The lowest BCUT2D eigenvalue weighted by Gasteiger charge is -2.26. The maximum absolute atomic E-state index is 6.58. The normalized spacial score (nSPS) is 11.4. The summed E-state index contributed by atoms with van der Waals surface area (Å²) < 4.78 is 25.5. The van der Waals surface area contributed by atoms with Gasteiger partial charge in [-0.25, -0.2) is 0 Å². The Hall–Kier alpha value is -6.17. The highest BCUT2D eigenvalue weighted by Crippen LogP contribution is 2.46. The summed E-state index contributed by atoms with van der Waals surface area (Å²) >= 11 is 6.48. The molecule has 0 bridgehead atoms. The maximum Gasteiger partial charge on any atom is 0.141 e. The zero-order valence-electron chi connectivity index (χ0n) is 25.5. The van der Waals surface area contributed by atoms with Crippen LogP contribution in [-0.4, -0.2) is 0 Å². The van der Waals surface area contributed by atoms with Crippen LogP contribution in [0.5, 0.6) is 23.0 Å². The Morgan fingerprint density at radius 2 is 1.00 bits per heavy atom. The first-order valence-corrected chi connectivity index (χ1v) is 16.0. The lowest BCUT2D eigenvalue weighted by molar-refractivity contribution is 0.463. The summed E-state index contributed by atoms with van der Waals surface area (Å²) in [7, 11) is 0. The molecular formula is C42H26ClNO4. The Morgan fingerprint density at radius 1 is 0.438 bits per heavy atom. The van der Waals surface area contributed by atoms with Gasteiger partial charge in [-0.15, -0.1) is 0 Å². The molecule has 48 heavy (non-hydrogen) atoms. The number of fused-ring (bicyclic) bond motifs is 6. The number of rotatable bonds is 7. The molecule has 0 saturated heterocycles. The SMILES string of the molecule is Clc1cc(Oc2cccc(Oc3cc(N(c4ccccc4)c4ccccc4)c4c(c3)oc3ccccc34)c2)c2c(c1)oc1ccccc12. The van der Waals surface area contributed by atoms with Gasteiger partial charge in [-0.05, 0) is 48.5 Å². The molecule has 7 aromatic carbocycles. The van der Waals surface area contributed by atoms with Crippen LogP contribution in [0.1, 0.15) is 0 Å². The van der Waals surface area contributed by atoms with E-state index in [9.17, 15) is 0 Å². The molecule has 0 atom stereocenters. The molecule has 230 valence electrons. The van der Waals surface area contributed by atoms with Crippen LogP contribution in [0.4, 0.5) is 17.1 Å². The van der Waals surface area contributed by atoms with Gasteiger partial charge in [0.15, 0.2) is 0 Å². The number of hydrogen-bond acceptors (Lipinski definition) is 5. The van der Waals surface area contributed by atoms with Crippen molar-refractivity contribution in [3.8, 4) is 23.0 Å². The fourth-order valence-electron chi connectivity index (χ4n) is 6.35. The molecule has 9 rings (SSSR count). The predicted molar refractivity (Wildman–Crippen MR) is 194 cm³/mol. The third-order valence-electron chi connectivity index (χ3n) is 8.38. The lowest BCUT2D eigenvalue weighted by Crippen LogP contribution is -2.10. The van der Waals surface area contributed by atoms with Crippen molar-refractivity contribution in [2.24, 2.45) is 0 Å². The highest BCUT2D eigenvalue weighted by Gasteiger charge is 2.21. The van der Waals surface area contributed by atoms with Gasteiger partial charge in [0.25, 0.3) is 0 Å². The standard InChI is InChI=1S/C42H26ClNO4/c43-27-22-38(42-34-19-8-10-21-37(34)47-39(42)23-27)46-31-17-11-16-30(24-31)45-32-25-35(41-33-18-7-9-20-36(33)48-40(41)26-32)44(28-12-3-1-4-13-28)29-14-5-2-6-15-29/h1-26H. The van der Waals surface area contributed by atoms with Gasteiger partial charge in [-0.1, -0.05) is 90.5 Å². The molecular weight excluding hydrogens is 618 g/mol. The topological polar surface area (TPSA) is 48.0 Å². The Morgan fingerprint density at radius 3 is 1.67 bits per heavy atom. The first-order valence-electron chi connectivity index (χ1n) is 15.6. The Kier molecular flexibility index (Phi) is 6.77. The number of para-hydroxylation sites is 4. The molecule has 0 aliphatic carbocycles. The number of nitrogens with zero attached hydrogens (tertiary/aromatic N) is 1. The molecule has 2 heterocycles. The minimum Gasteiger partial charge on any atom is -0.457 e. The van der Waals surface area contributed by atoms with Crippen molar-refractivity contribution in [2.75, 3.05) is 4.90 Å². The molecule has 0 spiro atoms. The molecule has 0 amide bonds. The molecule has 0 radical (unpaired) electrons. The van der Waals surface area contributed by atoms with Crippen LogP contribution in [-0.2, 0) is 0 Å². The van der Waals surface area contributed by atoms with Gasteiger partial charge in [-0.2, -0.15) is 0 Å². The monoisotopic (exact) mass is 643 g/mol. The number of hydrogen-bond donors (Lipinski definition) is 0. The average molecular weight is 644 g/mol. The predicted octanol–water partition coefficient (Wildman–Crippen LogP) is 13.2. The van der Waals surface area contributed by atoms with Crippen molar-refractivity contribution < 1.29 is 18.3 Å². The zero-order chi connectivity index (χ0) is 32.0. The summed E-state index contributed by atoms with van der Waals surface area (Å²) in [6, 6.07) is 51.8. The van der Waals surface area contributed by atoms with Crippen molar-refractivity contribution in [3.63, 3.8) is 0 Å². The Labute approximate surface area is 280 Å². The van der Waals surface area contributed by atoms with Gasteiger partial charge in [-0.3, -0.25) is 0 Å². The van der Waals surface area contributed by atoms with E-state index in [1.165, 1.54) is 0 Å². The van der Waals surface area contributed by atoms with E-state index in [1.54, 1.807) is 0 Å². The van der Waals surface area contributed by atoms with E-state index in [-0.39, 0.29) is 0 Å². The van der Waals surface area contributed by atoms with E-state index in [0.717, 1.165) is 55.4 Å². The molecule has 0 saturated carbocycles. The van der Waals surface area contributed by atoms with E-state index in [2.05, 4.69) is 41.3 Å². The van der Waals surface area contributed by atoms with Crippen molar-refractivity contribution in [1.82, 2.24) is 0 Å². The van der Waals surface area contributed by atoms with Crippen molar-refractivity contribution >= 4 is 72.5 Å². The number of ether oxygens (including phenoxy) is 2. The van der Waals surface area contributed by atoms with Gasteiger partial charge in [0.1, 0.15) is 45.3 Å². The minimum absolute atomic E-state index is 0.525. The van der Waals surface area contributed by atoms with Crippen LogP contribution in [0.25, 0.3) is 43.9 Å². The second-order valence-electron chi connectivity index (χ2n) is 11.5. The van der Waals surface area contributed by atoms with Crippen molar-refractivity contribution in [2.45, 2.75) is 0 Å². The Bertz CT molecular complexity index is 2550. The first kappa shape index (κ1) is 28.1. The fourth-order valence-corrected chi connectivity index (χ4v) is 6.55. The quantitative estimate of drug-likeness (QED) is 0.173. The average Bonchev–Trinajstić information content (AvgIpc) is 3.68. The van der Waals surface area contributed by atoms with Crippen LogP contribution >= 0.6 is 11.6 Å². The molecule has 0 unspecified atom stereocenters. The number of halogens is 1. The van der Waals surface area contributed by atoms with E-state index in [0.29, 0.717) is 33.6 Å². The summed E-state index contributed by atoms with van der Waals surface area (Å²) in [4.78, 5) is 2.23. The second-order valence-corrected chi connectivity index (χ2v) is 11.9. The van der Waals surface area contributed by atoms with Crippen LogP contribution in [0.2, 0.25) is 5.02 Å². The van der Waals surface area contributed by atoms with E-state index >= 15 is 0 Å².